The van der Waals surface area contributed by atoms with Gasteiger partial charge in [0.1, 0.15) is 0 Å². The SMILES string of the molecule is CN1C[C@H](CN(C)C(=O)c2cccc(-c3nccc4ccccc34)c2)CC1=O. The summed E-state index contributed by atoms with van der Waals surface area (Å²) < 4.78 is 0. The Hall–Kier alpha value is -3.21. The van der Waals surface area contributed by atoms with E-state index in [9.17, 15) is 9.59 Å². The van der Waals surface area contributed by atoms with Gasteiger partial charge in [-0.15, -0.1) is 0 Å². The van der Waals surface area contributed by atoms with Crippen LogP contribution in [0.2, 0.25) is 0 Å². The minimum absolute atomic E-state index is 0.0379. The Bertz CT molecular complexity index is 1040. The number of hydrogen-bond acceptors (Lipinski definition) is 3. The van der Waals surface area contributed by atoms with E-state index in [4.69, 9.17) is 0 Å². The molecule has 2 amide bonds. The molecule has 1 atom stereocenters. The predicted octanol–water partition coefficient (Wildman–Crippen LogP) is 3.45. The number of pyridine rings is 1. The van der Waals surface area contributed by atoms with Crippen LogP contribution >= 0.6 is 0 Å². The maximum absolute atomic E-state index is 12.9. The summed E-state index contributed by atoms with van der Waals surface area (Å²) in [4.78, 5) is 32.7. The number of fused-ring (bicyclic) bond motifs is 1. The topological polar surface area (TPSA) is 53.5 Å². The summed E-state index contributed by atoms with van der Waals surface area (Å²) in [7, 11) is 3.61. The second kappa shape index (κ2) is 7.43. The molecule has 0 aliphatic carbocycles. The van der Waals surface area contributed by atoms with E-state index in [0.717, 1.165) is 22.0 Å². The summed E-state index contributed by atoms with van der Waals surface area (Å²) in [5.41, 5.74) is 2.43. The molecule has 1 fully saturated rings. The van der Waals surface area contributed by atoms with Gasteiger partial charge in [-0.3, -0.25) is 14.6 Å². The lowest BCUT2D eigenvalue weighted by Crippen LogP contribution is -2.32. The fourth-order valence-electron chi connectivity index (χ4n) is 3.92. The van der Waals surface area contributed by atoms with Gasteiger partial charge in [0.2, 0.25) is 5.91 Å². The van der Waals surface area contributed by atoms with Gasteiger partial charge in [0.25, 0.3) is 5.91 Å². The second-order valence-electron chi connectivity index (χ2n) is 7.49. The fourth-order valence-corrected chi connectivity index (χ4v) is 3.92. The Kier molecular flexibility index (Phi) is 4.82. The number of rotatable bonds is 4. The number of nitrogens with zero attached hydrogens (tertiary/aromatic N) is 3. The number of likely N-dealkylation sites (tertiary alicyclic amines) is 1. The Morgan fingerprint density at radius 2 is 2.00 bits per heavy atom. The predicted molar refractivity (Wildman–Crippen MR) is 110 cm³/mol. The molecule has 0 spiro atoms. The summed E-state index contributed by atoms with van der Waals surface area (Å²) in [5.74, 6) is 0.299. The molecule has 5 nitrogen and oxygen atoms in total. The Morgan fingerprint density at radius 1 is 1.18 bits per heavy atom. The van der Waals surface area contributed by atoms with Crippen molar-refractivity contribution in [1.29, 1.82) is 0 Å². The van der Waals surface area contributed by atoms with Crippen molar-refractivity contribution in [2.75, 3.05) is 27.2 Å². The number of carbonyl (C=O) groups is 2. The number of carbonyl (C=O) groups excluding carboxylic acids is 2. The third-order valence-electron chi connectivity index (χ3n) is 5.36. The molecular formula is C23H23N3O2. The van der Waals surface area contributed by atoms with Gasteiger partial charge < -0.3 is 9.80 Å². The van der Waals surface area contributed by atoms with E-state index >= 15 is 0 Å². The first-order valence-electron chi connectivity index (χ1n) is 9.46. The fraction of sp³-hybridized carbons (Fsp3) is 0.261. The zero-order valence-electron chi connectivity index (χ0n) is 16.1. The molecule has 1 aliphatic rings. The van der Waals surface area contributed by atoms with Crippen LogP contribution < -0.4 is 0 Å². The van der Waals surface area contributed by atoms with Crippen LogP contribution in [0.1, 0.15) is 16.8 Å². The lowest BCUT2D eigenvalue weighted by Gasteiger charge is -2.21. The molecule has 1 aromatic heterocycles. The lowest BCUT2D eigenvalue weighted by atomic mass is 10.0. The largest absolute Gasteiger partial charge is 0.345 e. The summed E-state index contributed by atoms with van der Waals surface area (Å²) in [6.45, 7) is 1.28. The van der Waals surface area contributed by atoms with Crippen molar-refractivity contribution in [2.24, 2.45) is 5.92 Å². The first-order valence-corrected chi connectivity index (χ1v) is 9.46. The molecule has 1 saturated heterocycles. The molecule has 0 bridgehead atoms. The maximum atomic E-state index is 12.9. The average Bonchev–Trinajstić information content (AvgIpc) is 3.03. The van der Waals surface area contributed by atoms with Crippen LogP contribution in [0.3, 0.4) is 0 Å². The highest BCUT2D eigenvalue weighted by molar-refractivity contribution is 5.98. The van der Waals surface area contributed by atoms with E-state index in [2.05, 4.69) is 11.1 Å². The van der Waals surface area contributed by atoms with Gasteiger partial charge in [-0.25, -0.2) is 0 Å². The smallest absolute Gasteiger partial charge is 0.253 e. The van der Waals surface area contributed by atoms with Crippen LogP contribution in [-0.4, -0.2) is 53.8 Å². The van der Waals surface area contributed by atoms with Crippen molar-refractivity contribution in [3.05, 3.63) is 66.4 Å². The highest BCUT2D eigenvalue weighted by Gasteiger charge is 2.28. The van der Waals surface area contributed by atoms with Gasteiger partial charge in [-0.2, -0.15) is 0 Å². The highest BCUT2D eigenvalue weighted by Crippen LogP contribution is 2.27. The van der Waals surface area contributed by atoms with E-state index in [1.807, 2.05) is 55.6 Å². The maximum Gasteiger partial charge on any atom is 0.253 e. The first kappa shape index (κ1) is 18.2. The third-order valence-corrected chi connectivity index (χ3v) is 5.36. The van der Waals surface area contributed by atoms with E-state index < -0.39 is 0 Å². The van der Waals surface area contributed by atoms with Crippen LogP contribution in [0.4, 0.5) is 0 Å². The minimum atomic E-state index is -0.0379. The summed E-state index contributed by atoms with van der Waals surface area (Å²) in [6.07, 6.45) is 2.31. The van der Waals surface area contributed by atoms with Crippen LogP contribution in [0, 0.1) is 5.92 Å². The molecule has 4 rings (SSSR count). The molecule has 2 heterocycles. The second-order valence-corrected chi connectivity index (χ2v) is 7.49. The molecule has 142 valence electrons. The molecule has 5 heteroatoms. The Balaban J connectivity index is 1.58. The molecule has 2 aromatic carbocycles. The van der Waals surface area contributed by atoms with Gasteiger partial charge in [-0.05, 0) is 23.6 Å². The molecule has 1 aliphatic heterocycles. The zero-order chi connectivity index (χ0) is 19.7. The van der Waals surface area contributed by atoms with Gasteiger partial charge in [0.05, 0.1) is 5.69 Å². The van der Waals surface area contributed by atoms with E-state index in [-0.39, 0.29) is 17.7 Å². The molecule has 0 radical (unpaired) electrons. The number of benzene rings is 2. The van der Waals surface area contributed by atoms with Gasteiger partial charge >= 0.3 is 0 Å². The van der Waals surface area contributed by atoms with Crippen molar-refractivity contribution in [3.8, 4) is 11.3 Å². The van der Waals surface area contributed by atoms with Crippen molar-refractivity contribution >= 4 is 22.6 Å². The number of aromatic nitrogens is 1. The summed E-state index contributed by atoms with van der Waals surface area (Å²) in [5, 5.41) is 2.19. The standard InChI is InChI=1S/C23H23N3O2/c1-25-14-16(12-21(25)27)15-26(2)23(28)19-8-5-7-18(13-19)22-20-9-4-3-6-17(20)10-11-24-22/h3-11,13,16H,12,14-15H2,1-2H3/t16-/m1/s1. The van der Waals surface area contributed by atoms with Gasteiger partial charge in [0, 0.05) is 62.2 Å². The molecule has 3 aromatic rings. The summed E-state index contributed by atoms with van der Waals surface area (Å²) in [6, 6.07) is 17.7. The third kappa shape index (κ3) is 3.48. The monoisotopic (exact) mass is 373 g/mol. The van der Waals surface area contributed by atoms with Gasteiger partial charge in [0.15, 0.2) is 0 Å². The number of amides is 2. The molecule has 28 heavy (non-hydrogen) atoms. The minimum Gasteiger partial charge on any atom is -0.345 e. The van der Waals surface area contributed by atoms with Crippen molar-refractivity contribution in [1.82, 2.24) is 14.8 Å². The van der Waals surface area contributed by atoms with Crippen LogP contribution in [0.15, 0.2) is 60.8 Å². The molecule has 0 unspecified atom stereocenters. The van der Waals surface area contributed by atoms with Crippen molar-refractivity contribution < 1.29 is 9.59 Å². The van der Waals surface area contributed by atoms with Crippen molar-refractivity contribution in [3.63, 3.8) is 0 Å². The normalized spacial score (nSPS) is 16.6. The van der Waals surface area contributed by atoms with E-state index in [0.29, 0.717) is 25.1 Å². The first-order chi connectivity index (χ1) is 13.5. The van der Waals surface area contributed by atoms with Crippen LogP contribution in [-0.2, 0) is 4.79 Å². The van der Waals surface area contributed by atoms with Gasteiger partial charge in [-0.1, -0.05) is 36.4 Å². The lowest BCUT2D eigenvalue weighted by molar-refractivity contribution is -0.126. The zero-order valence-corrected chi connectivity index (χ0v) is 16.1. The molecular weight excluding hydrogens is 350 g/mol. The van der Waals surface area contributed by atoms with Crippen molar-refractivity contribution in [2.45, 2.75) is 6.42 Å². The molecule has 0 N–H and O–H groups in total. The molecule has 0 saturated carbocycles. The Morgan fingerprint density at radius 3 is 2.79 bits per heavy atom. The van der Waals surface area contributed by atoms with E-state index in [1.54, 1.807) is 23.0 Å². The average molecular weight is 373 g/mol. The van der Waals surface area contributed by atoms with E-state index in [1.165, 1.54) is 0 Å². The number of hydrogen-bond donors (Lipinski definition) is 0. The van der Waals surface area contributed by atoms with Crippen LogP contribution in [0.5, 0.6) is 0 Å². The van der Waals surface area contributed by atoms with Crippen LogP contribution in [0.25, 0.3) is 22.0 Å². The Labute approximate surface area is 164 Å². The quantitative estimate of drug-likeness (QED) is 0.704. The highest BCUT2D eigenvalue weighted by atomic mass is 16.2. The summed E-state index contributed by atoms with van der Waals surface area (Å²) >= 11 is 0.